The first-order chi connectivity index (χ1) is 9.11. The van der Waals surface area contributed by atoms with Crippen LogP contribution in [0.2, 0.25) is 0 Å². The maximum Gasteiger partial charge on any atom is 0.255 e. The number of carbonyl (C=O) groups excluding carboxylic acids is 1. The average molecular weight is 282 g/mol. The number of benzene rings is 1. The van der Waals surface area contributed by atoms with Crippen molar-refractivity contribution in [3.8, 4) is 5.75 Å². The predicted molar refractivity (Wildman–Crippen MR) is 76.7 cm³/mol. The molecule has 1 aromatic carbocycles. The van der Waals surface area contributed by atoms with E-state index in [0.29, 0.717) is 29.8 Å². The number of carbonyl (C=O) groups is 1. The Kier molecular flexibility index (Phi) is 4.70. The summed E-state index contributed by atoms with van der Waals surface area (Å²) >= 11 is 5.93. The first kappa shape index (κ1) is 14.2. The number of phenols is 1. The van der Waals surface area contributed by atoms with E-state index in [1.165, 1.54) is 6.42 Å². The van der Waals surface area contributed by atoms with Gasteiger partial charge in [0, 0.05) is 12.4 Å². The fourth-order valence-corrected chi connectivity index (χ4v) is 3.14. The Balaban J connectivity index is 1.96. The molecule has 1 saturated carbocycles. The minimum absolute atomic E-state index is 0.0309. The molecule has 4 heteroatoms. The summed E-state index contributed by atoms with van der Waals surface area (Å²) in [6.07, 6.45) is 3.46. The zero-order chi connectivity index (χ0) is 13.8. The molecule has 0 bridgehead atoms. The van der Waals surface area contributed by atoms with E-state index in [-0.39, 0.29) is 11.7 Å². The van der Waals surface area contributed by atoms with E-state index in [2.05, 4.69) is 5.32 Å². The maximum absolute atomic E-state index is 12.1. The number of phenolic OH excluding ortho intramolecular Hbond substituents is 1. The third-order valence-electron chi connectivity index (χ3n) is 3.94. The van der Waals surface area contributed by atoms with Gasteiger partial charge in [0.25, 0.3) is 5.91 Å². The number of halogens is 1. The summed E-state index contributed by atoms with van der Waals surface area (Å²) < 4.78 is 0. The summed E-state index contributed by atoms with van der Waals surface area (Å²) in [5, 5.41) is 12.6. The van der Waals surface area contributed by atoms with Gasteiger partial charge in [-0.1, -0.05) is 18.1 Å². The highest BCUT2D eigenvalue weighted by atomic mass is 35.5. The second-order valence-corrected chi connectivity index (χ2v) is 5.64. The second kappa shape index (κ2) is 6.29. The molecule has 0 spiro atoms. The molecule has 2 rings (SSSR count). The van der Waals surface area contributed by atoms with Crippen LogP contribution in [-0.4, -0.2) is 23.4 Å². The van der Waals surface area contributed by atoms with E-state index in [9.17, 15) is 9.90 Å². The van der Waals surface area contributed by atoms with E-state index in [1.54, 1.807) is 18.2 Å². The van der Waals surface area contributed by atoms with Crippen molar-refractivity contribution in [3.63, 3.8) is 0 Å². The Morgan fingerprint density at radius 1 is 1.42 bits per heavy atom. The number of rotatable bonds is 4. The highest BCUT2D eigenvalue weighted by Gasteiger charge is 2.26. The Morgan fingerprint density at radius 3 is 2.89 bits per heavy atom. The molecule has 2 atom stereocenters. The molecule has 1 aromatic rings. The minimum Gasteiger partial charge on any atom is -0.507 e. The summed E-state index contributed by atoms with van der Waals surface area (Å²) in [7, 11) is 0. The summed E-state index contributed by atoms with van der Waals surface area (Å²) in [4.78, 5) is 12.1. The molecule has 0 heterocycles. The second-order valence-electron chi connectivity index (χ2n) is 5.34. The standard InChI is InChI=1S/C15H20ClNO2/c1-10-5-6-14(18)13(7-10)15(19)17-9-12-4-2-3-11(12)8-16/h5-7,11-12,18H,2-4,8-9H2,1H3,(H,17,19). The van der Waals surface area contributed by atoms with Crippen molar-refractivity contribution in [1.82, 2.24) is 5.32 Å². The Bertz CT molecular complexity index is 461. The van der Waals surface area contributed by atoms with Gasteiger partial charge < -0.3 is 10.4 Å². The normalized spacial score (nSPS) is 22.4. The zero-order valence-electron chi connectivity index (χ0n) is 11.2. The summed E-state index contributed by atoms with van der Waals surface area (Å²) in [6, 6.07) is 5.05. The molecule has 1 amide bonds. The van der Waals surface area contributed by atoms with Gasteiger partial charge in [0.2, 0.25) is 0 Å². The molecular weight excluding hydrogens is 262 g/mol. The van der Waals surface area contributed by atoms with Crippen molar-refractivity contribution < 1.29 is 9.90 Å². The summed E-state index contributed by atoms with van der Waals surface area (Å²) in [6.45, 7) is 2.54. The summed E-state index contributed by atoms with van der Waals surface area (Å²) in [5.41, 5.74) is 1.31. The number of hydrogen-bond donors (Lipinski definition) is 2. The Morgan fingerprint density at radius 2 is 2.16 bits per heavy atom. The van der Waals surface area contributed by atoms with Gasteiger partial charge in [0.05, 0.1) is 5.56 Å². The molecular formula is C15H20ClNO2. The maximum atomic E-state index is 12.1. The molecule has 0 aromatic heterocycles. The lowest BCUT2D eigenvalue weighted by atomic mass is 9.98. The van der Waals surface area contributed by atoms with E-state index in [1.807, 2.05) is 6.92 Å². The smallest absolute Gasteiger partial charge is 0.255 e. The highest BCUT2D eigenvalue weighted by molar-refractivity contribution is 6.18. The van der Waals surface area contributed by atoms with Gasteiger partial charge in [0.15, 0.2) is 0 Å². The number of aromatic hydroxyl groups is 1. The van der Waals surface area contributed by atoms with Crippen LogP contribution in [0.4, 0.5) is 0 Å². The van der Waals surface area contributed by atoms with E-state index < -0.39 is 0 Å². The number of aryl methyl sites for hydroxylation is 1. The lowest BCUT2D eigenvalue weighted by molar-refractivity contribution is 0.0942. The molecule has 1 aliphatic carbocycles. The molecule has 1 aliphatic rings. The fraction of sp³-hybridized carbons (Fsp3) is 0.533. The van der Waals surface area contributed by atoms with Crippen LogP contribution in [0.15, 0.2) is 18.2 Å². The lowest BCUT2D eigenvalue weighted by Gasteiger charge is -2.17. The van der Waals surface area contributed by atoms with E-state index in [0.717, 1.165) is 18.4 Å². The van der Waals surface area contributed by atoms with Crippen LogP contribution in [0.1, 0.15) is 35.2 Å². The third-order valence-corrected chi connectivity index (χ3v) is 4.33. The molecule has 0 radical (unpaired) electrons. The van der Waals surface area contributed by atoms with Gasteiger partial charge in [-0.05, 0) is 43.7 Å². The monoisotopic (exact) mass is 281 g/mol. The first-order valence-electron chi connectivity index (χ1n) is 6.75. The molecule has 104 valence electrons. The van der Waals surface area contributed by atoms with Crippen LogP contribution in [0.5, 0.6) is 5.75 Å². The van der Waals surface area contributed by atoms with E-state index in [4.69, 9.17) is 11.6 Å². The van der Waals surface area contributed by atoms with Crippen LogP contribution >= 0.6 is 11.6 Å². The molecule has 2 N–H and O–H groups in total. The molecule has 0 aliphatic heterocycles. The van der Waals surface area contributed by atoms with Gasteiger partial charge in [-0.25, -0.2) is 0 Å². The van der Waals surface area contributed by atoms with Crippen LogP contribution in [-0.2, 0) is 0 Å². The molecule has 0 saturated heterocycles. The third kappa shape index (κ3) is 3.41. The highest BCUT2D eigenvalue weighted by Crippen LogP contribution is 2.32. The largest absolute Gasteiger partial charge is 0.507 e. The van der Waals surface area contributed by atoms with E-state index >= 15 is 0 Å². The van der Waals surface area contributed by atoms with Crippen LogP contribution in [0.3, 0.4) is 0 Å². The number of alkyl halides is 1. The van der Waals surface area contributed by atoms with Crippen molar-refractivity contribution >= 4 is 17.5 Å². The van der Waals surface area contributed by atoms with Crippen molar-refractivity contribution in [2.24, 2.45) is 11.8 Å². The lowest BCUT2D eigenvalue weighted by Crippen LogP contribution is -2.31. The summed E-state index contributed by atoms with van der Waals surface area (Å²) in [5.74, 6) is 1.46. The van der Waals surface area contributed by atoms with Crippen LogP contribution < -0.4 is 5.32 Å². The molecule has 3 nitrogen and oxygen atoms in total. The minimum atomic E-state index is -0.207. The van der Waals surface area contributed by atoms with Crippen molar-refractivity contribution in [3.05, 3.63) is 29.3 Å². The van der Waals surface area contributed by atoms with Gasteiger partial charge in [-0.2, -0.15) is 0 Å². The first-order valence-corrected chi connectivity index (χ1v) is 7.29. The van der Waals surface area contributed by atoms with Crippen LogP contribution in [0.25, 0.3) is 0 Å². The molecule has 19 heavy (non-hydrogen) atoms. The van der Waals surface area contributed by atoms with Crippen molar-refractivity contribution in [2.75, 3.05) is 12.4 Å². The average Bonchev–Trinajstić information content (AvgIpc) is 2.86. The topological polar surface area (TPSA) is 49.3 Å². The Hall–Kier alpha value is -1.22. The number of hydrogen-bond acceptors (Lipinski definition) is 2. The fourth-order valence-electron chi connectivity index (χ4n) is 2.74. The van der Waals surface area contributed by atoms with Crippen LogP contribution in [0, 0.1) is 18.8 Å². The van der Waals surface area contributed by atoms with Crippen molar-refractivity contribution in [1.29, 1.82) is 0 Å². The van der Waals surface area contributed by atoms with Crippen molar-refractivity contribution in [2.45, 2.75) is 26.2 Å². The Labute approximate surface area is 119 Å². The zero-order valence-corrected chi connectivity index (χ0v) is 11.9. The number of amides is 1. The van der Waals surface area contributed by atoms with Gasteiger partial charge in [-0.15, -0.1) is 11.6 Å². The van der Waals surface area contributed by atoms with Gasteiger partial charge >= 0.3 is 0 Å². The van der Waals surface area contributed by atoms with Gasteiger partial charge in [0.1, 0.15) is 5.75 Å². The quantitative estimate of drug-likeness (QED) is 0.833. The molecule has 1 fully saturated rings. The number of nitrogens with one attached hydrogen (secondary N) is 1. The predicted octanol–water partition coefficient (Wildman–Crippen LogP) is 3.09. The molecule has 2 unspecified atom stereocenters. The SMILES string of the molecule is Cc1ccc(O)c(C(=O)NCC2CCCC2CCl)c1. The van der Waals surface area contributed by atoms with Gasteiger partial charge in [-0.3, -0.25) is 4.79 Å².